The highest BCUT2D eigenvalue weighted by molar-refractivity contribution is 7.99. The van der Waals surface area contributed by atoms with E-state index in [4.69, 9.17) is 16.3 Å². The van der Waals surface area contributed by atoms with Crippen LogP contribution in [0.25, 0.3) is 0 Å². The summed E-state index contributed by atoms with van der Waals surface area (Å²) in [5, 5.41) is 11.4. The fourth-order valence-electron chi connectivity index (χ4n) is 6.89. The van der Waals surface area contributed by atoms with E-state index < -0.39 is 27.0 Å². The van der Waals surface area contributed by atoms with E-state index in [1.165, 1.54) is 11.1 Å². The van der Waals surface area contributed by atoms with E-state index >= 15 is 0 Å². The molecule has 8 heteroatoms. The van der Waals surface area contributed by atoms with E-state index in [0.29, 0.717) is 24.5 Å². The van der Waals surface area contributed by atoms with Crippen LogP contribution in [0.4, 0.5) is 5.69 Å². The lowest BCUT2D eigenvalue weighted by Crippen LogP contribution is -2.49. The zero-order valence-corrected chi connectivity index (χ0v) is 24.0. The maximum Gasteiger partial charge on any atom is 0.262 e. The van der Waals surface area contributed by atoms with Gasteiger partial charge in [-0.05, 0) is 105 Å². The normalized spacial score (nSPS) is 35.2. The van der Waals surface area contributed by atoms with Crippen LogP contribution in [-0.2, 0) is 21.5 Å². The molecule has 2 bridgehead atoms. The fourth-order valence-corrected chi connectivity index (χ4v) is 8.06. The van der Waals surface area contributed by atoms with Gasteiger partial charge in [0.15, 0.2) is 0 Å². The molecule has 1 fully saturated rings. The highest BCUT2D eigenvalue weighted by Crippen LogP contribution is 2.46. The van der Waals surface area contributed by atoms with Crippen molar-refractivity contribution >= 4 is 38.8 Å². The zero-order valence-electron chi connectivity index (χ0n) is 22.4. The molecule has 6 nitrogen and oxygen atoms in total. The van der Waals surface area contributed by atoms with Crippen molar-refractivity contribution in [1.29, 1.82) is 0 Å². The molecule has 2 heterocycles. The van der Waals surface area contributed by atoms with Crippen molar-refractivity contribution in [2.45, 2.75) is 62.2 Å². The molecule has 208 valence electrons. The number of hydrogen-bond donors (Lipinski definition) is 2. The number of aryl methyl sites for hydroxylation is 1. The summed E-state index contributed by atoms with van der Waals surface area (Å²) in [6.07, 6.45) is 8.83. The van der Waals surface area contributed by atoms with Crippen LogP contribution in [0.5, 0.6) is 5.75 Å². The highest BCUT2D eigenvalue weighted by atomic mass is 35.5. The van der Waals surface area contributed by atoms with Gasteiger partial charge in [-0.25, -0.2) is 4.21 Å². The summed E-state index contributed by atoms with van der Waals surface area (Å²) in [5.74, 6) is 4.71. The number of aliphatic hydroxyl groups excluding tert-OH is 1. The smallest absolute Gasteiger partial charge is 0.262 e. The largest absolute Gasteiger partial charge is 0.490 e. The van der Waals surface area contributed by atoms with Crippen LogP contribution in [0.3, 0.4) is 0 Å². The average Bonchev–Trinajstić information content (AvgIpc) is 3.02. The second-order valence-electron chi connectivity index (χ2n) is 11.9. The first kappa shape index (κ1) is 26.7. The second-order valence-corrected chi connectivity index (χ2v) is 14.7. The van der Waals surface area contributed by atoms with Gasteiger partial charge in [0.05, 0.1) is 33.4 Å². The zero-order chi connectivity index (χ0) is 27.4. The van der Waals surface area contributed by atoms with Crippen molar-refractivity contribution < 1.29 is 18.8 Å². The van der Waals surface area contributed by atoms with Gasteiger partial charge in [0.1, 0.15) is 5.75 Å². The Balaban J connectivity index is 1.43. The molecular formula is C31H37ClN2O4S. The third kappa shape index (κ3) is 4.98. The summed E-state index contributed by atoms with van der Waals surface area (Å²) in [7, 11) is -2.93. The number of hydrogen-bond acceptors (Lipinski definition) is 5. The maximum atomic E-state index is 13.3. The number of nitrogens with one attached hydrogen (secondary N) is 1. The quantitative estimate of drug-likeness (QED) is 0.349. The highest BCUT2D eigenvalue weighted by Gasteiger charge is 2.44. The third-order valence-electron chi connectivity index (χ3n) is 9.38. The number of carbonyl (C=O) groups excluding carboxylic acids is 1. The van der Waals surface area contributed by atoms with Gasteiger partial charge in [0, 0.05) is 29.1 Å². The molecular weight excluding hydrogens is 532 g/mol. The molecule has 1 unspecified atom stereocenters. The maximum absolute atomic E-state index is 13.3. The Morgan fingerprint density at radius 3 is 2.87 bits per heavy atom. The summed E-state index contributed by atoms with van der Waals surface area (Å²) < 4.78 is 22.5. The number of fused-ring (bicyclic) bond motifs is 4. The van der Waals surface area contributed by atoms with Crippen molar-refractivity contribution in [1.82, 2.24) is 4.72 Å². The van der Waals surface area contributed by atoms with Crippen molar-refractivity contribution in [2.24, 2.45) is 11.8 Å². The summed E-state index contributed by atoms with van der Waals surface area (Å²) in [6.45, 7) is 3.86. The molecule has 0 saturated heterocycles. The van der Waals surface area contributed by atoms with Gasteiger partial charge in [-0.1, -0.05) is 29.8 Å². The fraction of sp³-hybridized carbons (Fsp3) is 0.484. The van der Waals surface area contributed by atoms with Crippen LogP contribution in [0.15, 0.2) is 48.6 Å². The molecule has 2 aliphatic heterocycles. The van der Waals surface area contributed by atoms with Gasteiger partial charge in [0.2, 0.25) is 0 Å². The molecule has 6 atom stereocenters. The first-order valence-electron chi connectivity index (χ1n) is 14.0. The van der Waals surface area contributed by atoms with E-state index in [0.717, 1.165) is 61.7 Å². The standard InChI is InChI=1S/C31H37ClN2O4S/c1-20-5-3-7-28(35)25-11-8-23(25)17-34-18-31(14-4-6-21-15-24(32)10-12-26(21)31)19-38-29-13-9-22(16-27(29)34)30(36)33-39(20,2)37/h3,5,9-10,12-13,15-16,20,23,25,28,35H,2,4,6-8,11,14,17-19H2,1H3,(H,33,36,37)/b5-3+/t20-,23-,25+,28-,31-,39?/m0/s1. The Hall–Kier alpha value is -2.48. The predicted molar refractivity (Wildman–Crippen MR) is 158 cm³/mol. The number of rotatable bonds is 0. The minimum absolute atomic E-state index is 0.197. The second kappa shape index (κ2) is 10.2. The molecule has 2 aromatic rings. The SMILES string of the molecule is C=S1(=O)NC(=O)c2ccc3c(c2)N(C[C@@H]2CC[C@H]2[C@@H](O)C/C=C/[C@@H]1C)C[C@@]1(CCCc2cc(Cl)ccc21)CO3. The van der Waals surface area contributed by atoms with Crippen molar-refractivity contribution in [2.75, 3.05) is 24.6 Å². The molecule has 2 aliphatic carbocycles. The van der Waals surface area contributed by atoms with Crippen LogP contribution in [-0.4, -0.2) is 52.1 Å². The molecule has 1 amide bonds. The average molecular weight is 569 g/mol. The monoisotopic (exact) mass is 568 g/mol. The summed E-state index contributed by atoms with van der Waals surface area (Å²) in [6, 6.07) is 11.7. The summed E-state index contributed by atoms with van der Waals surface area (Å²) in [4.78, 5) is 15.7. The summed E-state index contributed by atoms with van der Waals surface area (Å²) in [5.41, 5.74) is 3.67. The van der Waals surface area contributed by atoms with Crippen LogP contribution < -0.4 is 14.4 Å². The molecule has 1 spiro atoms. The molecule has 0 aromatic heterocycles. The Bertz CT molecular complexity index is 1420. The number of benzene rings is 2. The number of nitrogens with zero attached hydrogens (tertiary/aromatic N) is 1. The minimum atomic E-state index is -2.93. The number of ether oxygens (including phenoxy) is 1. The molecule has 2 N–H and O–H groups in total. The van der Waals surface area contributed by atoms with E-state index in [1.807, 2.05) is 24.3 Å². The summed E-state index contributed by atoms with van der Waals surface area (Å²) >= 11 is 6.38. The molecule has 0 radical (unpaired) electrons. The Kier molecular flexibility index (Phi) is 6.97. The Morgan fingerprint density at radius 1 is 1.23 bits per heavy atom. The van der Waals surface area contributed by atoms with Gasteiger partial charge >= 0.3 is 0 Å². The molecule has 6 rings (SSSR count). The lowest BCUT2D eigenvalue weighted by molar-refractivity contribution is 0.0177. The molecule has 2 aromatic carbocycles. The molecule has 1 saturated carbocycles. The van der Waals surface area contributed by atoms with Crippen LogP contribution in [0.1, 0.15) is 60.5 Å². The van der Waals surface area contributed by atoms with Crippen molar-refractivity contribution in [3.63, 3.8) is 0 Å². The number of anilines is 1. The Labute approximate surface area is 236 Å². The van der Waals surface area contributed by atoms with Gasteiger partial charge in [-0.2, -0.15) is 0 Å². The van der Waals surface area contributed by atoms with E-state index in [9.17, 15) is 14.1 Å². The number of aliphatic hydroxyl groups is 1. The van der Waals surface area contributed by atoms with Crippen LogP contribution in [0, 0.1) is 11.8 Å². The van der Waals surface area contributed by atoms with Gasteiger partial charge in [-0.3, -0.25) is 9.52 Å². The van der Waals surface area contributed by atoms with Crippen LogP contribution >= 0.6 is 11.6 Å². The lowest BCUT2D eigenvalue weighted by Gasteiger charge is -2.45. The van der Waals surface area contributed by atoms with Crippen LogP contribution in [0.2, 0.25) is 5.02 Å². The first-order valence-corrected chi connectivity index (χ1v) is 16.2. The number of amides is 1. The minimum Gasteiger partial charge on any atom is -0.490 e. The predicted octanol–water partition coefficient (Wildman–Crippen LogP) is 4.91. The van der Waals surface area contributed by atoms with E-state index in [-0.39, 0.29) is 11.3 Å². The van der Waals surface area contributed by atoms with Crippen molar-refractivity contribution in [3.05, 3.63) is 70.3 Å². The van der Waals surface area contributed by atoms with Gasteiger partial charge in [0.25, 0.3) is 5.91 Å². The number of halogens is 1. The molecule has 4 aliphatic rings. The number of carbonyl (C=O) groups is 1. The van der Waals surface area contributed by atoms with Gasteiger partial charge < -0.3 is 14.7 Å². The van der Waals surface area contributed by atoms with E-state index in [1.54, 1.807) is 19.1 Å². The lowest BCUT2D eigenvalue weighted by atomic mass is 9.68. The van der Waals surface area contributed by atoms with E-state index in [2.05, 4.69) is 27.6 Å². The first-order chi connectivity index (χ1) is 18.6. The Morgan fingerprint density at radius 2 is 2.08 bits per heavy atom. The van der Waals surface area contributed by atoms with Crippen molar-refractivity contribution in [3.8, 4) is 5.75 Å². The third-order valence-corrected chi connectivity index (χ3v) is 11.5. The molecule has 39 heavy (non-hydrogen) atoms. The van der Waals surface area contributed by atoms with Gasteiger partial charge in [-0.15, -0.1) is 0 Å². The topological polar surface area (TPSA) is 78.9 Å².